The summed E-state index contributed by atoms with van der Waals surface area (Å²) in [5.74, 6) is 0.625. The molecule has 0 spiro atoms. The topological polar surface area (TPSA) is 64.3 Å². The summed E-state index contributed by atoms with van der Waals surface area (Å²) in [7, 11) is 0. The molecule has 0 saturated heterocycles. The van der Waals surface area contributed by atoms with Gasteiger partial charge in [-0.25, -0.2) is 0 Å². The predicted octanol–water partition coefficient (Wildman–Crippen LogP) is 2.40. The van der Waals surface area contributed by atoms with Crippen LogP contribution in [0.2, 0.25) is 0 Å². The molecule has 1 aliphatic rings. The number of amides is 1. The molecule has 1 unspecified atom stereocenters. The zero-order chi connectivity index (χ0) is 15.1. The lowest BCUT2D eigenvalue weighted by atomic mass is 9.80. The number of hydrogen-bond acceptors (Lipinski definition) is 3. The van der Waals surface area contributed by atoms with E-state index in [1.807, 2.05) is 37.3 Å². The van der Waals surface area contributed by atoms with Gasteiger partial charge in [-0.1, -0.05) is 30.3 Å². The van der Waals surface area contributed by atoms with Crippen LogP contribution >= 0.6 is 0 Å². The Morgan fingerprint density at radius 3 is 2.76 bits per heavy atom. The van der Waals surface area contributed by atoms with E-state index < -0.39 is 0 Å². The molecule has 1 saturated carbocycles. The van der Waals surface area contributed by atoms with E-state index in [0.717, 1.165) is 31.4 Å². The molecule has 0 bridgehead atoms. The molecule has 2 rings (SSSR count). The summed E-state index contributed by atoms with van der Waals surface area (Å²) in [4.78, 5) is 11.8. The molecule has 0 radical (unpaired) electrons. The number of nitrogens with two attached hydrogens (primary N) is 1. The van der Waals surface area contributed by atoms with Crippen molar-refractivity contribution in [1.82, 2.24) is 5.32 Å². The summed E-state index contributed by atoms with van der Waals surface area (Å²) in [5, 5.41) is 2.97. The minimum atomic E-state index is -0.0162. The number of carbonyl (C=O) groups is 1. The molecule has 3 N–H and O–H groups in total. The van der Waals surface area contributed by atoms with Gasteiger partial charge in [0.05, 0.1) is 6.10 Å². The van der Waals surface area contributed by atoms with Gasteiger partial charge < -0.3 is 15.8 Å². The Hall–Kier alpha value is -1.39. The van der Waals surface area contributed by atoms with Gasteiger partial charge in [-0.3, -0.25) is 4.79 Å². The van der Waals surface area contributed by atoms with E-state index in [9.17, 15) is 4.79 Å². The third kappa shape index (κ3) is 5.14. The van der Waals surface area contributed by atoms with Crippen LogP contribution in [0.15, 0.2) is 30.3 Å². The molecule has 116 valence electrons. The fraction of sp³-hybridized carbons (Fsp3) is 0.588. The molecular weight excluding hydrogens is 264 g/mol. The standard InChI is InChI=1S/C17H26N2O2/c1-2-21-15-10-13(11-15)12-17(20)19-9-8-16(18)14-6-4-3-5-7-14/h3-7,13,15-16H,2,8-12,18H2,1H3,(H,19,20). The van der Waals surface area contributed by atoms with Crippen molar-refractivity contribution in [2.24, 2.45) is 11.7 Å². The van der Waals surface area contributed by atoms with E-state index in [1.165, 1.54) is 0 Å². The van der Waals surface area contributed by atoms with Crippen molar-refractivity contribution >= 4 is 5.91 Å². The summed E-state index contributed by atoms with van der Waals surface area (Å²) < 4.78 is 5.50. The van der Waals surface area contributed by atoms with Crippen LogP contribution in [0.4, 0.5) is 0 Å². The van der Waals surface area contributed by atoms with E-state index in [0.29, 0.717) is 25.0 Å². The third-order valence-corrected chi connectivity index (χ3v) is 4.07. The fourth-order valence-corrected chi connectivity index (χ4v) is 2.78. The van der Waals surface area contributed by atoms with Crippen LogP contribution in [-0.4, -0.2) is 25.2 Å². The molecule has 1 aliphatic carbocycles. The van der Waals surface area contributed by atoms with Crippen molar-refractivity contribution in [1.29, 1.82) is 0 Å². The Labute approximate surface area is 127 Å². The lowest BCUT2D eigenvalue weighted by Crippen LogP contribution is -2.36. The number of nitrogens with one attached hydrogen (secondary N) is 1. The van der Waals surface area contributed by atoms with Gasteiger partial charge in [-0.2, -0.15) is 0 Å². The van der Waals surface area contributed by atoms with E-state index in [-0.39, 0.29) is 11.9 Å². The monoisotopic (exact) mass is 290 g/mol. The van der Waals surface area contributed by atoms with Gasteiger partial charge in [-0.05, 0) is 37.7 Å². The average molecular weight is 290 g/mol. The lowest BCUT2D eigenvalue weighted by Gasteiger charge is -2.34. The first-order chi connectivity index (χ1) is 10.2. The van der Waals surface area contributed by atoms with Gasteiger partial charge in [-0.15, -0.1) is 0 Å². The highest BCUT2D eigenvalue weighted by molar-refractivity contribution is 5.76. The molecule has 4 heteroatoms. The van der Waals surface area contributed by atoms with Gasteiger partial charge in [0.2, 0.25) is 5.91 Å². The molecule has 1 aromatic rings. The molecule has 4 nitrogen and oxygen atoms in total. The number of carbonyl (C=O) groups excluding carboxylic acids is 1. The van der Waals surface area contributed by atoms with Crippen molar-refractivity contribution in [3.05, 3.63) is 35.9 Å². The highest BCUT2D eigenvalue weighted by Crippen LogP contribution is 2.32. The molecule has 1 atom stereocenters. The van der Waals surface area contributed by atoms with Gasteiger partial charge in [0.25, 0.3) is 0 Å². The van der Waals surface area contributed by atoms with Gasteiger partial charge in [0, 0.05) is 25.6 Å². The predicted molar refractivity (Wildman–Crippen MR) is 83.8 cm³/mol. The van der Waals surface area contributed by atoms with Crippen LogP contribution < -0.4 is 11.1 Å². The van der Waals surface area contributed by atoms with Crippen LogP contribution in [0.1, 0.15) is 44.2 Å². The summed E-state index contributed by atoms with van der Waals surface area (Å²) >= 11 is 0. The zero-order valence-electron chi connectivity index (χ0n) is 12.8. The second kappa shape index (κ2) is 8.15. The molecule has 1 amide bonds. The minimum absolute atomic E-state index is 0.0162. The summed E-state index contributed by atoms with van der Waals surface area (Å²) in [5.41, 5.74) is 7.22. The van der Waals surface area contributed by atoms with Crippen LogP contribution in [0, 0.1) is 5.92 Å². The quantitative estimate of drug-likeness (QED) is 0.772. The first-order valence-electron chi connectivity index (χ1n) is 7.87. The van der Waals surface area contributed by atoms with Crippen molar-refractivity contribution in [3.8, 4) is 0 Å². The van der Waals surface area contributed by atoms with Gasteiger partial charge in [0.15, 0.2) is 0 Å². The van der Waals surface area contributed by atoms with Crippen molar-refractivity contribution in [2.45, 2.75) is 44.8 Å². The Kier molecular flexibility index (Phi) is 6.21. The maximum atomic E-state index is 11.8. The van der Waals surface area contributed by atoms with E-state index in [1.54, 1.807) is 0 Å². The van der Waals surface area contributed by atoms with Crippen molar-refractivity contribution in [3.63, 3.8) is 0 Å². The summed E-state index contributed by atoms with van der Waals surface area (Å²) in [6.07, 6.45) is 3.79. The molecule has 0 aromatic heterocycles. The normalized spacial score (nSPS) is 22.4. The largest absolute Gasteiger partial charge is 0.378 e. The van der Waals surface area contributed by atoms with Crippen molar-refractivity contribution in [2.75, 3.05) is 13.2 Å². The van der Waals surface area contributed by atoms with Gasteiger partial charge in [0.1, 0.15) is 0 Å². The second-order valence-electron chi connectivity index (χ2n) is 5.77. The third-order valence-electron chi connectivity index (χ3n) is 4.07. The summed E-state index contributed by atoms with van der Waals surface area (Å²) in [6, 6.07) is 9.98. The molecule has 0 aliphatic heterocycles. The van der Waals surface area contributed by atoms with E-state index >= 15 is 0 Å². The highest BCUT2D eigenvalue weighted by Gasteiger charge is 2.30. The Morgan fingerprint density at radius 2 is 2.10 bits per heavy atom. The van der Waals surface area contributed by atoms with Crippen LogP contribution in [-0.2, 0) is 9.53 Å². The minimum Gasteiger partial charge on any atom is -0.378 e. The second-order valence-corrected chi connectivity index (χ2v) is 5.77. The SMILES string of the molecule is CCOC1CC(CC(=O)NCCC(N)c2ccccc2)C1. The number of rotatable bonds is 8. The zero-order valence-corrected chi connectivity index (χ0v) is 12.8. The van der Waals surface area contributed by atoms with Crippen LogP contribution in [0.3, 0.4) is 0 Å². The van der Waals surface area contributed by atoms with E-state index in [2.05, 4.69) is 5.32 Å². The summed E-state index contributed by atoms with van der Waals surface area (Å²) in [6.45, 7) is 3.41. The molecule has 1 fully saturated rings. The van der Waals surface area contributed by atoms with Crippen molar-refractivity contribution < 1.29 is 9.53 Å². The molecule has 1 aromatic carbocycles. The van der Waals surface area contributed by atoms with Crippen LogP contribution in [0.25, 0.3) is 0 Å². The molecular formula is C17H26N2O2. The molecule has 0 heterocycles. The number of ether oxygens (including phenoxy) is 1. The maximum Gasteiger partial charge on any atom is 0.220 e. The highest BCUT2D eigenvalue weighted by atomic mass is 16.5. The fourth-order valence-electron chi connectivity index (χ4n) is 2.78. The first-order valence-corrected chi connectivity index (χ1v) is 7.87. The Morgan fingerprint density at radius 1 is 1.38 bits per heavy atom. The Balaban J connectivity index is 1.58. The maximum absolute atomic E-state index is 11.8. The first kappa shape index (κ1) is 16.0. The number of hydrogen-bond donors (Lipinski definition) is 2. The average Bonchev–Trinajstić information content (AvgIpc) is 2.46. The smallest absolute Gasteiger partial charge is 0.220 e. The Bertz CT molecular complexity index is 430. The molecule has 21 heavy (non-hydrogen) atoms. The van der Waals surface area contributed by atoms with Crippen LogP contribution in [0.5, 0.6) is 0 Å². The number of benzene rings is 1. The van der Waals surface area contributed by atoms with E-state index in [4.69, 9.17) is 10.5 Å². The van der Waals surface area contributed by atoms with Gasteiger partial charge >= 0.3 is 0 Å². The lowest BCUT2D eigenvalue weighted by molar-refractivity contribution is -0.124.